The van der Waals surface area contributed by atoms with Crippen LogP contribution in [0.3, 0.4) is 0 Å². The van der Waals surface area contributed by atoms with E-state index in [2.05, 4.69) is 5.32 Å². The van der Waals surface area contributed by atoms with Crippen molar-refractivity contribution in [2.75, 3.05) is 25.6 Å². The molecule has 2 aromatic carbocycles. The summed E-state index contributed by atoms with van der Waals surface area (Å²) in [6, 6.07) is 8.35. The van der Waals surface area contributed by atoms with Crippen molar-refractivity contribution in [3.05, 3.63) is 53.8 Å². The first-order valence-electron chi connectivity index (χ1n) is 6.26. The number of hydrogen-bond acceptors (Lipinski definition) is 3. The number of rotatable bonds is 6. The summed E-state index contributed by atoms with van der Waals surface area (Å²) >= 11 is 0. The highest BCUT2D eigenvalue weighted by atomic mass is 19.2. The Morgan fingerprint density at radius 1 is 0.952 bits per heavy atom. The molecule has 0 aliphatic rings. The maximum atomic E-state index is 13.4. The van der Waals surface area contributed by atoms with E-state index in [0.29, 0.717) is 17.6 Å². The van der Waals surface area contributed by atoms with Gasteiger partial charge in [0, 0.05) is 18.7 Å². The van der Waals surface area contributed by atoms with Crippen molar-refractivity contribution in [3.8, 4) is 11.5 Å². The highest BCUT2D eigenvalue weighted by Gasteiger charge is 2.09. The van der Waals surface area contributed by atoms with Gasteiger partial charge in [0.15, 0.2) is 23.1 Å². The van der Waals surface area contributed by atoms with E-state index in [1.165, 1.54) is 7.11 Å². The molecule has 0 unspecified atom stereocenters. The van der Waals surface area contributed by atoms with Gasteiger partial charge < -0.3 is 14.8 Å². The van der Waals surface area contributed by atoms with E-state index in [4.69, 9.17) is 9.47 Å². The van der Waals surface area contributed by atoms with Crippen LogP contribution < -0.4 is 14.8 Å². The van der Waals surface area contributed by atoms with Crippen LogP contribution in [-0.4, -0.2) is 20.3 Å². The van der Waals surface area contributed by atoms with E-state index in [-0.39, 0.29) is 18.8 Å². The molecule has 2 rings (SSSR count). The van der Waals surface area contributed by atoms with Gasteiger partial charge in [0.25, 0.3) is 0 Å². The molecule has 0 saturated heterocycles. The van der Waals surface area contributed by atoms with Crippen LogP contribution in [-0.2, 0) is 0 Å². The summed E-state index contributed by atoms with van der Waals surface area (Å²) in [4.78, 5) is 0. The molecule has 21 heavy (non-hydrogen) atoms. The van der Waals surface area contributed by atoms with Gasteiger partial charge in [0.05, 0.1) is 12.8 Å². The Morgan fingerprint density at radius 2 is 1.62 bits per heavy atom. The van der Waals surface area contributed by atoms with Gasteiger partial charge in [0.2, 0.25) is 0 Å². The van der Waals surface area contributed by atoms with Gasteiger partial charge in [-0.3, -0.25) is 0 Å². The lowest BCUT2D eigenvalue weighted by Gasteiger charge is -2.12. The molecule has 0 spiro atoms. The smallest absolute Gasteiger partial charge is 0.161 e. The van der Waals surface area contributed by atoms with Gasteiger partial charge in [-0.15, -0.1) is 0 Å². The van der Waals surface area contributed by atoms with Gasteiger partial charge in [0.1, 0.15) is 12.4 Å². The number of methoxy groups -OCH3 is 1. The summed E-state index contributed by atoms with van der Waals surface area (Å²) in [5.41, 5.74) is -0.113. The predicted octanol–water partition coefficient (Wildman–Crippen LogP) is 3.60. The summed E-state index contributed by atoms with van der Waals surface area (Å²) in [7, 11) is 1.52. The number of nitrogens with one attached hydrogen (secondary N) is 1. The van der Waals surface area contributed by atoms with Crippen molar-refractivity contribution in [1.29, 1.82) is 0 Å². The Kier molecular flexibility index (Phi) is 4.92. The number of para-hydroxylation sites is 2. The standard InChI is InChI=1S/C15H14F3NO2/c1-20-14-4-2-3-5-15(14)21-7-6-19-13-9-11(17)10(16)8-12(13)18/h2-5,8-9,19H,6-7H2,1H3. The number of ether oxygens (including phenoxy) is 2. The minimum atomic E-state index is -1.22. The molecule has 0 fully saturated rings. The third kappa shape index (κ3) is 3.81. The van der Waals surface area contributed by atoms with E-state index in [9.17, 15) is 13.2 Å². The van der Waals surface area contributed by atoms with Crippen molar-refractivity contribution in [2.45, 2.75) is 0 Å². The fraction of sp³-hybridized carbons (Fsp3) is 0.200. The van der Waals surface area contributed by atoms with E-state index in [1.54, 1.807) is 24.3 Å². The molecule has 6 heteroatoms. The topological polar surface area (TPSA) is 30.5 Å². The second kappa shape index (κ2) is 6.88. The Balaban J connectivity index is 1.89. The first-order valence-corrected chi connectivity index (χ1v) is 6.26. The van der Waals surface area contributed by atoms with Crippen LogP contribution in [0.15, 0.2) is 36.4 Å². The largest absolute Gasteiger partial charge is 0.493 e. The van der Waals surface area contributed by atoms with Gasteiger partial charge in [-0.1, -0.05) is 12.1 Å². The van der Waals surface area contributed by atoms with E-state index < -0.39 is 17.5 Å². The first-order chi connectivity index (χ1) is 10.1. The molecule has 0 bridgehead atoms. The maximum absolute atomic E-state index is 13.4. The lowest BCUT2D eigenvalue weighted by molar-refractivity contribution is 0.305. The molecule has 3 nitrogen and oxygen atoms in total. The third-order valence-electron chi connectivity index (χ3n) is 2.75. The quantitative estimate of drug-likeness (QED) is 0.653. The summed E-state index contributed by atoms with van der Waals surface area (Å²) in [6.45, 7) is 0.429. The SMILES string of the molecule is COc1ccccc1OCCNc1cc(F)c(F)cc1F. The zero-order valence-corrected chi connectivity index (χ0v) is 11.3. The molecule has 0 aliphatic carbocycles. The normalized spacial score (nSPS) is 10.3. The van der Waals surface area contributed by atoms with Crippen LogP contribution in [0.4, 0.5) is 18.9 Å². The average molecular weight is 297 g/mol. The third-order valence-corrected chi connectivity index (χ3v) is 2.75. The molecule has 0 amide bonds. The predicted molar refractivity (Wildman–Crippen MR) is 73.3 cm³/mol. The molecule has 0 radical (unpaired) electrons. The highest BCUT2D eigenvalue weighted by Crippen LogP contribution is 2.25. The van der Waals surface area contributed by atoms with Crippen LogP contribution in [0, 0.1) is 17.5 Å². The number of halogens is 3. The average Bonchev–Trinajstić information content (AvgIpc) is 2.49. The van der Waals surface area contributed by atoms with Crippen LogP contribution in [0.5, 0.6) is 11.5 Å². The monoisotopic (exact) mass is 297 g/mol. The minimum Gasteiger partial charge on any atom is -0.493 e. The van der Waals surface area contributed by atoms with Crippen LogP contribution >= 0.6 is 0 Å². The van der Waals surface area contributed by atoms with Crippen molar-refractivity contribution >= 4 is 5.69 Å². The molecule has 2 aromatic rings. The Bertz CT molecular complexity index is 620. The van der Waals surface area contributed by atoms with E-state index in [0.717, 1.165) is 6.07 Å². The number of anilines is 1. The van der Waals surface area contributed by atoms with E-state index >= 15 is 0 Å². The molecule has 0 aliphatic heterocycles. The lowest BCUT2D eigenvalue weighted by atomic mass is 10.3. The van der Waals surface area contributed by atoms with Crippen molar-refractivity contribution in [3.63, 3.8) is 0 Å². The van der Waals surface area contributed by atoms with E-state index in [1.807, 2.05) is 0 Å². The zero-order valence-electron chi connectivity index (χ0n) is 11.3. The Labute approximate surface area is 120 Å². The zero-order chi connectivity index (χ0) is 15.2. The number of benzene rings is 2. The summed E-state index contributed by atoms with van der Waals surface area (Å²) in [6.07, 6.45) is 0. The molecule has 0 atom stereocenters. The number of hydrogen-bond donors (Lipinski definition) is 1. The fourth-order valence-corrected chi connectivity index (χ4v) is 1.74. The molecule has 0 saturated carbocycles. The molecular weight excluding hydrogens is 283 g/mol. The Morgan fingerprint density at radius 3 is 2.33 bits per heavy atom. The first kappa shape index (κ1) is 15.0. The molecule has 0 aromatic heterocycles. The van der Waals surface area contributed by atoms with Gasteiger partial charge in [-0.05, 0) is 12.1 Å². The molecular formula is C15H14F3NO2. The van der Waals surface area contributed by atoms with Crippen molar-refractivity contribution in [1.82, 2.24) is 0 Å². The summed E-state index contributed by atoms with van der Waals surface area (Å²) in [5, 5.41) is 2.64. The van der Waals surface area contributed by atoms with Crippen LogP contribution in [0.1, 0.15) is 0 Å². The summed E-state index contributed by atoms with van der Waals surface area (Å²) in [5.74, 6) is -2.05. The maximum Gasteiger partial charge on any atom is 0.161 e. The summed E-state index contributed by atoms with van der Waals surface area (Å²) < 4.78 is 49.7. The molecule has 1 N–H and O–H groups in total. The Hall–Kier alpha value is -2.37. The lowest BCUT2D eigenvalue weighted by Crippen LogP contribution is -2.13. The van der Waals surface area contributed by atoms with Crippen molar-refractivity contribution < 1.29 is 22.6 Å². The molecule has 0 heterocycles. The van der Waals surface area contributed by atoms with Crippen LogP contribution in [0.2, 0.25) is 0 Å². The fourth-order valence-electron chi connectivity index (χ4n) is 1.74. The van der Waals surface area contributed by atoms with Gasteiger partial charge in [-0.2, -0.15) is 0 Å². The highest BCUT2D eigenvalue weighted by molar-refractivity contribution is 5.45. The molecule has 112 valence electrons. The van der Waals surface area contributed by atoms with Crippen molar-refractivity contribution in [2.24, 2.45) is 0 Å². The second-order valence-electron chi connectivity index (χ2n) is 4.17. The van der Waals surface area contributed by atoms with Gasteiger partial charge >= 0.3 is 0 Å². The van der Waals surface area contributed by atoms with Gasteiger partial charge in [-0.25, -0.2) is 13.2 Å². The second-order valence-corrected chi connectivity index (χ2v) is 4.17. The van der Waals surface area contributed by atoms with Crippen LogP contribution in [0.25, 0.3) is 0 Å². The minimum absolute atomic E-state index is 0.113.